The highest BCUT2D eigenvalue weighted by molar-refractivity contribution is 7.10. The fourth-order valence-electron chi connectivity index (χ4n) is 2.37. The second kappa shape index (κ2) is 7.43. The average molecular weight is 294 g/mol. The van der Waals surface area contributed by atoms with Gasteiger partial charge in [-0.3, -0.25) is 9.59 Å². The minimum atomic E-state index is 0.174. The molecule has 5 heteroatoms. The largest absolute Gasteiger partial charge is 0.339 e. The number of carbonyl (C=O) groups excluding carboxylic acids is 2. The quantitative estimate of drug-likeness (QED) is 0.835. The third-order valence-corrected chi connectivity index (χ3v) is 4.51. The summed E-state index contributed by atoms with van der Waals surface area (Å²) in [6, 6.07) is 3.96. The Hall–Kier alpha value is -1.36. The minimum absolute atomic E-state index is 0.174. The molecule has 1 aliphatic heterocycles. The number of piperazine rings is 1. The summed E-state index contributed by atoms with van der Waals surface area (Å²) in [5.74, 6) is 0.408. The van der Waals surface area contributed by atoms with Gasteiger partial charge in [-0.25, -0.2) is 0 Å². The molecule has 0 aromatic carbocycles. The lowest BCUT2D eigenvalue weighted by Crippen LogP contribution is -2.50. The molecule has 20 heavy (non-hydrogen) atoms. The van der Waals surface area contributed by atoms with E-state index in [4.69, 9.17) is 0 Å². The van der Waals surface area contributed by atoms with Crippen molar-refractivity contribution in [1.29, 1.82) is 0 Å². The fourth-order valence-corrected chi connectivity index (χ4v) is 3.06. The lowest BCUT2D eigenvalue weighted by Gasteiger charge is -2.34. The van der Waals surface area contributed by atoms with Crippen LogP contribution in [0.15, 0.2) is 17.5 Å². The van der Waals surface area contributed by atoms with Crippen molar-refractivity contribution < 1.29 is 9.59 Å². The summed E-state index contributed by atoms with van der Waals surface area (Å²) in [6.45, 7) is 4.79. The van der Waals surface area contributed by atoms with Crippen LogP contribution in [0.25, 0.3) is 0 Å². The first-order chi connectivity index (χ1) is 9.70. The molecule has 2 amide bonds. The van der Waals surface area contributed by atoms with E-state index in [0.29, 0.717) is 39.0 Å². The van der Waals surface area contributed by atoms with Gasteiger partial charge in [-0.2, -0.15) is 0 Å². The zero-order chi connectivity index (χ0) is 14.4. The third kappa shape index (κ3) is 4.07. The second-order valence-electron chi connectivity index (χ2n) is 5.12. The topological polar surface area (TPSA) is 40.6 Å². The molecule has 2 heterocycles. The maximum Gasteiger partial charge on any atom is 0.227 e. The van der Waals surface area contributed by atoms with E-state index >= 15 is 0 Å². The SMILES string of the molecule is CCCCC(=O)N1CCN(C(=O)Cc2cccs2)CC1. The van der Waals surface area contributed by atoms with Crippen molar-refractivity contribution in [3.05, 3.63) is 22.4 Å². The molecule has 1 fully saturated rings. The number of carbonyl (C=O) groups is 2. The standard InChI is InChI=1S/C15H22N2O2S/c1-2-3-6-14(18)16-7-9-17(10-8-16)15(19)12-13-5-4-11-20-13/h4-5,11H,2-3,6-10,12H2,1H3. The van der Waals surface area contributed by atoms with Gasteiger partial charge in [0.05, 0.1) is 6.42 Å². The van der Waals surface area contributed by atoms with Crippen LogP contribution in [0, 0.1) is 0 Å². The van der Waals surface area contributed by atoms with Crippen LogP contribution in [0.2, 0.25) is 0 Å². The molecule has 0 N–H and O–H groups in total. The maximum atomic E-state index is 12.1. The highest BCUT2D eigenvalue weighted by Crippen LogP contribution is 2.12. The Morgan fingerprint density at radius 3 is 2.35 bits per heavy atom. The van der Waals surface area contributed by atoms with E-state index in [1.807, 2.05) is 27.3 Å². The molecule has 4 nitrogen and oxygen atoms in total. The Balaban J connectivity index is 1.76. The predicted molar refractivity (Wildman–Crippen MR) is 80.7 cm³/mol. The van der Waals surface area contributed by atoms with Crippen LogP contribution in [-0.2, 0) is 16.0 Å². The van der Waals surface area contributed by atoms with E-state index in [9.17, 15) is 9.59 Å². The van der Waals surface area contributed by atoms with Crippen LogP contribution in [-0.4, -0.2) is 47.8 Å². The van der Waals surface area contributed by atoms with Crippen LogP contribution < -0.4 is 0 Å². The van der Waals surface area contributed by atoms with Crippen molar-refractivity contribution in [2.45, 2.75) is 32.6 Å². The van der Waals surface area contributed by atoms with E-state index in [0.717, 1.165) is 17.7 Å². The number of rotatable bonds is 5. The number of amides is 2. The monoisotopic (exact) mass is 294 g/mol. The molecule has 1 saturated heterocycles. The zero-order valence-corrected chi connectivity index (χ0v) is 12.8. The smallest absolute Gasteiger partial charge is 0.227 e. The first kappa shape index (κ1) is 15.0. The highest BCUT2D eigenvalue weighted by Gasteiger charge is 2.23. The van der Waals surface area contributed by atoms with Gasteiger partial charge in [0.1, 0.15) is 0 Å². The Morgan fingerprint density at radius 1 is 1.15 bits per heavy atom. The van der Waals surface area contributed by atoms with Crippen molar-refractivity contribution >= 4 is 23.2 Å². The van der Waals surface area contributed by atoms with Crippen LogP contribution in [0.3, 0.4) is 0 Å². The van der Waals surface area contributed by atoms with Crippen LogP contribution in [0.1, 0.15) is 31.1 Å². The molecule has 0 aliphatic carbocycles. The summed E-state index contributed by atoms with van der Waals surface area (Å²) in [5, 5.41) is 1.99. The van der Waals surface area contributed by atoms with E-state index in [2.05, 4.69) is 6.92 Å². The van der Waals surface area contributed by atoms with E-state index in [-0.39, 0.29) is 11.8 Å². The highest BCUT2D eigenvalue weighted by atomic mass is 32.1. The molecule has 1 aromatic rings. The fraction of sp³-hybridized carbons (Fsp3) is 0.600. The lowest BCUT2D eigenvalue weighted by molar-refractivity contribution is -0.139. The van der Waals surface area contributed by atoms with E-state index in [1.54, 1.807) is 11.3 Å². The predicted octanol–water partition coefficient (Wildman–Crippen LogP) is 2.15. The Bertz CT molecular complexity index is 437. The van der Waals surface area contributed by atoms with Gasteiger partial charge >= 0.3 is 0 Å². The Kier molecular flexibility index (Phi) is 5.59. The van der Waals surface area contributed by atoms with Gasteiger partial charge in [-0.05, 0) is 17.9 Å². The van der Waals surface area contributed by atoms with Crippen molar-refractivity contribution in [1.82, 2.24) is 9.80 Å². The van der Waals surface area contributed by atoms with Gasteiger partial charge in [-0.15, -0.1) is 11.3 Å². The van der Waals surface area contributed by atoms with Gasteiger partial charge in [0.25, 0.3) is 0 Å². The second-order valence-corrected chi connectivity index (χ2v) is 6.15. The Labute approximate surface area is 124 Å². The molecule has 0 radical (unpaired) electrons. The molecule has 0 saturated carbocycles. The van der Waals surface area contributed by atoms with Gasteiger partial charge in [0.15, 0.2) is 0 Å². The molecule has 0 unspecified atom stereocenters. The molecule has 1 aromatic heterocycles. The third-order valence-electron chi connectivity index (χ3n) is 3.63. The number of nitrogens with zero attached hydrogens (tertiary/aromatic N) is 2. The number of hydrogen-bond acceptors (Lipinski definition) is 3. The van der Waals surface area contributed by atoms with Crippen molar-refractivity contribution in [2.24, 2.45) is 0 Å². The van der Waals surface area contributed by atoms with E-state index < -0.39 is 0 Å². The summed E-state index contributed by atoms with van der Waals surface area (Å²) >= 11 is 1.62. The van der Waals surface area contributed by atoms with E-state index in [1.165, 1.54) is 0 Å². The summed E-state index contributed by atoms with van der Waals surface area (Å²) in [5.41, 5.74) is 0. The summed E-state index contributed by atoms with van der Waals surface area (Å²) in [6.07, 6.45) is 3.13. The minimum Gasteiger partial charge on any atom is -0.339 e. The van der Waals surface area contributed by atoms with Gasteiger partial charge < -0.3 is 9.80 Å². The molecular weight excluding hydrogens is 272 g/mol. The lowest BCUT2D eigenvalue weighted by atomic mass is 10.2. The van der Waals surface area contributed by atoms with Gasteiger partial charge in [-0.1, -0.05) is 19.4 Å². The molecule has 2 rings (SSSR count). The molecule has 0 bridgehead atoms. The number of hydrogen-bond donors (Lipinski definition) is 0. The average Bonchev–Trinajstić information content (AvgIpc) is 2.97. The van der Waals surface area contributed by atoms with Crippen LogP contribution in [0.5, 0.6) is 0 Å². The summed E-state index contributed by atoms with van der Waals surface area (Å²) in [4.78, 5) is 28.9. The maximum absolute atomic E-state index is 12.1. The van der Waals surface area contributed by atoms with Crippen molar-refractivity contribution in [2.75, 3.05) is 26.2 Å². The zero-order valence-electron chi connectivity index (χ0n) is 12.0. The number of thiophene rings is 1. The van der Waals surface area contributed by atoms with Gasteiger partial charge in [0.2, 0.25) is 11.8 Å². The first-order valence-corrected chi connectivity index (χ1v) is 8.16. The Morgan fingerprint density at radius 2 is 1.80 bits per heavy atom. The number of unbranched alkanes of at least 4 members (excludes halogenated alkanes) is 1. The molecule has 1 aliphatic rings. The van der Waals surface area contributed by atoms with Crippen molar-refractivity contribution in [3.63, 3.8) is 0 Å². The summed E-state index contributed by atoms with van der Waals surface area (Å²) in [7, 11) is 0. The first-order valence-electron chi connectivity index (χ1n) is 7.28. The van der Waals surface area contributed by atoms with Crippen molar-refractivity contribution in [3.8, 4) is 0 Å². The van der Waals surface area contributed by atoms with Crippen LogP contribution in [0.4, 0.5) is 0 Å². The normalized spacial score (nSPS) is 15.4. The molecule has 0 atom stereocenters. The van der Waals surface area contributed by atoms with Gasteiger partial charge in [0, 0.05) is 37.5 Å². The summed E-state index contributed by atoms with van der Waals surface area (Å²) < 4.78 is 0. The van der Waals surface area contributed by atoms with Crippen LogP contribution >= 0.6 is 11.3 Å². The molecule has 0 spiro atoms. The molecule has 110 valence electrons. The molecular formula is C15H22N2O2S.